The van der Waals surface area contributed by atoms with Crippen LogP contribution in [0, 0.1) is 5.92 Å². The maximum atomic E-state index is 12.9. The molecule has 0 fully saturated rings. The topological polar surface area (TPSA) is 74.6 Å². The second-order valence-corrected chi connectivity index (χ2v) is 3.37. The molecule has 0 unspecified atom stereocenters. The second kappa shape index (κ2) is 5.63. The van der Waals surface area contributed by atoms with Crippen LogP contribution in [0.1, 0.15) is 32.6 Å². The molecule has 88 valence electrons. The molecule has 0 atom stereocenters. The van der Waals surface area contributed by atoms with E-state index in [9.17, 15) is 18.4 Å². The number of alkyl halides is 2. The number of rotatable bonds is 7. The zero-order valence-electron chi connectivity index (χ0n) is 8.37. The van der Waals surface area contributed by atoms with Crippen molar-refractivity contribution in [1.82, 2.24) is 0 Å². The Hall–Kier alpha value is -1.20. The Morgan fingerprint density at radius 1 is 1.20 bits per heavy atom. The van der Waals surface area contributed by atoms with Gasteiger partial charge in [-0.2, -0.15) is 0 Å². The van der Waals surface area contributed by atoms with Gasteiger partial charge in [0.2, 0.25) is 5.92 Å². The van der Waals surface area contributed by atoms with Gasteiger partial charge in [-0.15, -0.1) is 0 Å². The van der Waals surface area contributed by atoms with Crippen LogP contribution >= 0.6 is 0 Å². The lowest BCUT2D eigenvalue weighted by molar-refractivity contribution is -0.155. The first-order valence-corrected chi connectivity index (χ1v) is 4.63. The Balaban J connectivity index is 4.22. The van der Waals surface area contributed by atoms with Crippen LogP contribution in [0.25, 0.3) is 0 Å². The molecule has 0 aliphatic rings. The predicted molar refractivity (Wildman–Crippen MR) is 47.9 cm³/mol. The van der Waals surface area contributed by atoms with E-state index in [1.807, 2.05) is 0 Å². The van der Waals surface area contributed by atoms with Crippen molar-refractivity contribution in [2.45, 2.75) is 38.5 Å². The normalized spacial score (nSPS) is 11.7. The fourth-order valence-electron chi connectivity index (χ4n) is 1.20. The average molecular weight is 224 g/mol. The van der Waals surface area contributed by atoms with E-state index in [-0.39, 0.29) is 12.8 Å². The van der Waals surface area contributed by atoms with Crippen molar-refractivity contribution in [3.63, 3.8) is 0 Å². The third kappa shape index (κ3) is 5.29. The maximum absolute atomic E-state index is 12.9. The van der Waals surface area contributed by atoms with Gasteiger partial charge in [-0.05, 0) is 6.42 Å². The predicted octanol–water partition coefficient (Wildman–Crippen LogP) is 1.99. The van der Waals surface area contributed by atoms with Gasteiger partial charge in [0.15, 0.2) is 5.92 Å². The lowest BCUT2D eigenvalue weighted by atomic mass is 9.99. The highest BCUT2D eigenvalue weighted by atomic mass is 19.3. The first kappa shape index (κ1) is 13.8. The van der Waals surface area contributed by atoms with Crippen molar-refractivity contribution >= 4 is 11.9 Å². The molecule has 0 aromatic rings. The fraction of sp³-hybridized carbons (Fsp3) is 0.778. The van der Waals surface area contributed by atoms with E-state index in [0.29, 0.717) is 0 Å². The summed E-state index contributed by atoms with van der Waals surface area (Å²) in [5.74, 6) is -7.87. The fourth-order valence-corrected chi connectivity index (χ4v) is 1.20. The van der Waals surface area contributed by atoms with Gasteiger partial charge in [0.05, 0.1) is 0 Å². The van der Waals surface area contributed by atoms with Gasteiger partial charge < -0.3 is 10.2 Å². The lowest BCUT2D eigenvalue weighted by Crippen LogP contribution is -2.26. The van der Waals surface area contributed by atoms with Crippen LogP contribution in [0.4, 0.5) is 8.78 Å². The van der Waals surface area contributed by atoms with Crippen molar-refractivity contribution < 1.29 is 28.6 Å². The monoisotopic (exact) mass is 224 g/mol. The number of aliphatic carboxylic acids is 2. The SMILES string of the molecule is CCCC(F)(F)CCC(C(=O)O)C(=O)O. The largest absolute Gasteiger partial charge is 0.481 e. The molecule has 0 aliphatic heterocycles. The summed E-state index contributed by atoms with van der Waals surface area (Å²) in [6.07, 6.45) is -1.32. The van der Waals surface area contributed by atoms with Crippen molar-refractivity contribution in [2.24, 2.45) is 5.92 Å². The summed E-state index contributed by atoms with van der Waals surface area (Å²) in [5, 5.41) is 16.9. The first-order chi connectivity index (χ1) is 6.80. The minimum Gasteiger partial charge on any atom is -0.481 e. The van der Waals surface area contributed by atoms with Crippen LogP contribution in [0.5, 0.6) is 0 Å². The number of carbonyl (C=O) groups is 2. The Morgan fingerprint density at radius 2 is 1.67 bits per heavy atom. The summed E-state index contributed by atoms with van der Waals surface area (Å²) >= 11 is 0. The highest BCUT2D eigenvalue weighted by Crippen LogP contribution is 2.27. The Labute approximate surface area is 85.9 Å². The molecule has 0 rings (SSSR count). The molecule has 0 bridgehead atoms. The molecular formula is C9H14F2O4. The standard InChI is InChI=1S/C9H14F2O4/c1-2-4-9(10,11)5-3-6(7(12)13)8(14)15/h6H,2-5H2,1H3,(H,12,13)(H,14,15). The first-order valence-electron chi connectivity index (χ1n) is 4.63. The Bertz CT molecular complexity index is 226. The van der Waals surface area contributed by atoms with Crippen LogP contribution in [0.3, 0.4) is 0 Å². The van der Waals surface area contributed by atoms with Crippen molar-refractivity contribution in [3.05, 3.63) is 0 Å². The molecular weight excluding hydrogens is 210 g/mol. The molecule has 4 nitrogen and oxygen atoms in total. The zero-order valence-corrected chi connectivity index (χ0v) is 8.37. The van der Waals surface area contributed by atoms with Crippen LogP contribution in [0.15, 0.2) is 0 Å². The highest BCUT2D eigenvalue weighted by molar-refractivity contribution is 5.92. The molecule has 0 amide bonds. The summed E-state index contributed by atoms with van der Waals surface area (Å²) in [6.45, 7) is 1.58. The highest BCUT2D eigenvalue weighted by Gasteiger charge is 2.33. The Kier molecular flexibility index (Phi) is 5.18. The van der Waals surface area contributed by atoms with E-state index in [1.165, 1.54) is 0 Å². The van der Waals surface area contributed by atoms with Crippen molar-refractivity contribution in [3.8, 4) is 0 Å². The van der Waals surface area contributed by atoms with E-state index in [4.69, 9.17) is 10.2 Å². The minimum atomic E-state index is -2.97. The number of halogens is 2. The van der Waals surface area contributed by atoms with Gasteiger partial charge in [0.1, 0.15) is 0 Å². The minimum absolute atomic E-state index is 0.276. The van der Waals surface area contributed by atoms with Gasteiger partial charge in [0, 0.05) is 12.8 Å². The van der Waals surface area contributed by atoms with E-state index >= 15 is 0 Å². The smallest absolute Gasteiger partial charge is 0.317 e. The van der Waals surface area contributed by atoms with E-state index in [0.717, 1.165) is 0 Å². The summed E-state index contributed by atoms with van der Waals surface area (Å²) in [4.78, 5) is 20.8. The number of hydrogen-bond acceptors (Lipinski definition) is 2. The van der Waals surface area contributed by atoms with Crippen LogP contribution < -0.4 is 0 Å². The number of carboxylic acid groups (broad SMARTS) is 2. The quantitative estimate of drug-likeness (QED) is 0.648. The van der Waals surface area contributed by atoms with Gasteiger partial charge in [-0.3, -0.25) is 9.59 Å². The summed E-state index contributed by atoms with van der Waals surface area (Å²) in [6, 6.07) is 0. The summed E-state index contributed by atoms with van der Waals surface area (Å²) < 4.78 is 25.9. The van der Waals surface area contributed by atoms with Gasteiger partial charge in [0.25, 0.3) is 0 Å². The van der Waals surface area contributed by atoms with Crippen molar-refractivity contribution in [1.29, 1.82) is 0 Å². The third-order valence-electron chi connectivity index (χ3n) is 2.01. The molecule has 6 heteroatoms. The second-order valence-electron chi connectivity index (χ2n) is 3.37. The van der Waals surface area contributed by atoms with Gasteiger partial charge in [-0.25, -0.2) is 8.78 Å². The molecule has 2 N–H and O–H groups in total. The molecule has 0 aromatic heterocycles. The molecule has 0 saturated heterocycles. The Morgan fingerprint density at radius 3 is 2.00 bits per heavy atom. The average Bonchev–Trinajstić information content (AvgIpc) is 2.01. The summed E-state index contributed by atoms with van der Waals surface area (Å²) in [5.41, 5.74) is 0. The van der Waals surface area contributed by atoms with Gasteiger partial charge in [-0.1, -0.05) is 13.3 Å². The van der Waals surface area contributed by atoms with Gasteiger partial charge >= 0.3 is 11.9 Å². The van der Waals surface area contributed by atoms with Crippen LogP contribution in [-0.4, -0.2) is 28.1 Å². The molecule has 0 aliphatic carbocycles. The molecule has 0 radical (unpaired) electrons. The van der Waals surface area contributed by atoms with Crippen LogP contribution in [0.2, 0.25) is 0 Å². The molecule has 0 heterocycles. The summed E-state index contributed by atoms with van der Waals surface area (Å²) in [7, 11) is 0. The maximum Gasteiger partial charge on any atom is 0.317 e. The molecule has 0 aromatic carbocycles. The number of carboxylic acids is 2. The van der Waals surface area contributed by atoms with E-state index < -0.39 is 36.6 Å². The van der Waals surface area contributed by atoms with Crippen molar-refractivity contribution in [2.75, 3.05) is 0 Å². The third-order valence-corrected chi connectivity index (χ3v) is 2.01. The molecule has 0 saturated carbocycles. The lowest BCUT2D eigenvalue weighted by Gasteiger charge is -2.16. The van der Waals surface area contributed by atoms with Crippen LogP contribution in [-0.2, 0) is 9.59 Å². The zero-order chi connectivity index (χ0) is 12.1. The van der Waals surface area contributed by atoms with E-state index in [2.05, 4.69) is 0 Å². The van der Waals surface area contributed by atoms with E-state index in [1.54, 1.807) is 6.92 Å². The molecule has 15 heavy (non-hydrogen) atoms. The number of hydrogen-bond donors (Lipinski definition) is 2. The molecule has 0 spiro atoms.